The molecule has 0 aliphatic rings. The van der Waals surface area contributed by atoms with Crippen molar-refractivity contribution in [1.82, 2.24) is 15.0 Å². The van der Waals surface area contributed by atoms with Crippen molar-refractivity contribution in [2.24, 2.45) is 0 Å². The maximum atomic E-state index is 6.20. The Morgan fingerprint density at radius 1 is 1.17 bits per heavy atom. The zero-order valence-electron chi connectivity index (χ0n) is 13.3. The van der Waals surface area contributed by atoms with E-state index in [1.807, 2.05) is 49.5 Å². The predicted molar refractivity (Wildman–Crippen MR) is 98.1 cm³/mol. The third-order valence-electron chi connectivity index (χ3n) is 3.73. The van der Waals surface area contributed by atoms with E-state index in [0.29, 0.717) is 10.8 Å². The van der Waals surface area contributed by atoms with E-state index in [4.69, 9.17) is 17.3 Å². The molecule has 2 aromatic heterocycles. The summed E-state index contributed by atoms with van der Waals surface area (Å²) < 4.78 is 0. The standard InChI is InChI=1S/C18H18ClN5/c1-12-14(5-2-6-15(12)19)16-10-17(24-18(20)23-16)22-9-7-13-4-3-8-21-11-13/h2-6,8,10-11H,7,9H2,1H3,(H3,20,22,23,24). The molecule has 0 spiro atoms. The second kappa shape index (κ2) is 7.27. The second-order valence-electron chi connectivity index (χ2n) is 5.45. The Labute approximate surface area is 145 Å². The summed E-state index contributed by atoms with van der Waals surface area (Å²) in [6.07, 6.45) is 4.47. The first-order chi connectivity index (χ1) is 11.6. The van der Waals surface area contributed by atoms with Gasteiger partial charge in [-0.1, -0.05) is 29.8 Å². The van der Waals surface area contributed by atoms with E-state index in [2.05, 4.69) is 20.3 Å². The molecular weight excluding hydrogens is 322 g/mol. The maximum absolute atomic E-state index is 6.20. The van der Waals surface area contributed by atoms with Gasteiger partial charge in [-0.05, 0) is 36.6 Å². The number of anilines is 2. The lowest BCUT2D eigenvalue weighted by molar-refractivity contribution is 0.990. The molecule has 0 atom stereocenters. The van der Waals surface area contributed by atoms with Gasteiger partial charge in [-0.15, -0.1) is 0 Å². The van der Waals surface area contributed by atoms with Gasteiger partial charge in [0.15, 0.2) is 0 Å². The van der Waals surface area contributed by atoms with Crippen LogP contribution in [-0.4, -0.2) is 21.5 Å². The molecular formula is C18H18ClN5. The molecule has 3 N–H and O–H groups in total. The van der Waals surface area contributed by atoms with E-state index in [1.54, 1.807) is 6.20 Å². The molecule has 122 valence electrons. The molecule has 24 heavy (non-hydrogen) atoms. The molecule has 0 fully saturated rings. The fraction of sp³-hybridized carbons (Fsp3) is 0.167. The van der Waals surface area contributed by atoms with Crippen molar-refractivity contribution in [3.63, 3.8) is 0 Å². The summed E-state index contributed by atoms with van der Waals surface area (Å²) in [5, 5.41) is 3.99. The summed E-state index contributed by atoms with van der Waals surface area (Å²) in [5.41, 5.74) is 9.70. The molecule has 3 aromatic rings. The third-order valence-corrected chi connectivity index (χ3v) is 4.14. The van der Waals surface area contributed by atoms with Crippen molar-refractivity contribution in [3.8, 4) is 11.3 Å². The first-order valence-corrected chi connectivity index (χ1v) is 8.04. The molecule has 3 rings (SSSR count). The van der Waals surface area contributed by atoms with Crippen molar-refractivity contribution in [2.75, 3.05) is 17.6 Å². The van der Waals surface area contributed by atoms with Crippen LogP contribution in [0, 0.1) is 6.92 Å². The Morgan fingerprint density at radius 3 is 2.83 bits per heavy atom. The van der Waals surface area contributed by atoms with E-state index in [9.17, 15) is 0 Å². The van der Waals surface area contributed by atoms with Crippen LogP contribution in [0.25, 0.3) is 11.3 Å². The highest BCUT2D eigenvalue weighted by Crippen LogP contribution is 2.28. The highest BCUT2D eigenvalue weighted by Gasteiger charge is 2.09. The predicted octanol–water partition coefficient (Wildman–Crippen LogP) is 3.74. The number of nitrogens with zero attached hydrogens (tertiary/aromatic N) is 3. The van der Waals surface area contributed by atoms with Crippen LogP contribution in [0.2, 0.25) is 5.02 Å². The van der Waals surface area contributed by atoms with E-state index >= 15 is 0 Å². The minimum absolute atomic E-state index is 0.232. The smallest absolute Gasteiger partial charge is 0.222 e. The van der Waals surface area contributed by atoms with Gasteiger partial charge in [0.25, 0.3) is 0 Å². The largest absolute Gasteiger partial charge is 0.370 e. The lowest BCUT2D eigenvalue weighted by atomic mass is 10.1. The van der Waals surface area contributed by atoms with Crippen LogP contribution in [0.5, 0.6) is 0 Å². The average Bonchev–Trinajstić information content (AvgIpc) is 2.58. The summed E-state index contributed by atoms with van der Waals surface area (Å²) in [6.45, 7) is 2.70. The molecule has 0 radical (unpaired) electrons. The van der Waals surface area contributed by atoms with Crippen molar-refractivity contribution >= 4 is 23.4 Å². The van der Waals surface area contributed by atoms with Crippen LogP contribution < -0.4 is 11.1 Å². The van der Waals surface area contributed by atoms with Crippen LogP contribution in [0.4, 0.5) is 11.8 Å². The summed E-state index contributed by atoms with van der Waals surface area (Å²) in [6, 6.07) is 11.6. The van der Waals surface area contributed by atoms with E-state index in [1.165, 1.54) is 0 Å². The van der Waals surface area contributed by atoms with E-state index < -0.39 is 0 Å². The molecule has 0 unspecified atom stereocenters. The number of hydrogen-bond donors (Lipinski definition) is 2. The third kappa shape index (κ3) is 3.81. The Kier molecular flexibility index (Phi) is 4.91. The molecule has 0 saturated heterocycles. The van der Waals surface area contributed by atoms with Gasteiger partial charge in [-0.2, -0.15) is 4.98 Å². The quantitative estimate of drug-likeness (QED) is 0.740. The van der Waals surface area contributed by atoms with Gasteiger partial charge in [0.1, 0.15) is 5.82 Å². The molecule has 2 heterocycles. The molecule has 0 saturated carbocycles. The number of nitrogens with two attached hydrogens (primary N) is 1. The van der Waals surface area contributed by atoms with Gasteiger partial charge in [0.2, 0.25) is 5.95 Å². The van der Waals surface area contributed by atoms with Gasteiger partial charge < -0.3 is 11.1 Å². The molecule has 5 nitrogen and oxygen atoms in total. The van der Waals surface area contributed by atoms with Crippen molar-refractivity contribution in [2.45, 2.75) is 13.3 Å². The number of rotatable bonds is 5. The lowest BCUT2D eigenvalue weighted by Gasteiger charge is -2.11. The fourth-order valence-corrected chi connectivity index (χ4v) is 2.63. The summed E-state index contributed by atoms with van der Waals surface area (Å²) >= 11 is 6.20. The molecule has 0 aliphatic heterocycles. The second-order valence-corrected chi connectivity index (χ2v) is 5.85. The minimum Gasteiger partial charge on any atom is -0.370 e. The van der Waals surface area contributed by atoms with Crippen LogP contribution in [0.3, 0.4) is 0 Å². The normalized spacial score (nSPS) is 10.6. The number of halogens is 1. The monoisotopic (exact) mass is 339 g/mol. The van der Waals surface area contributed by atoms with Crippen molar-refractivity contribution in [3.05, 3.63) is 64.9 Å². The van der Waals surface area contributed by atoms with E-state index in [-0.39, 0.29) is 5.95 Å². The molecule has 0 amide bonds. The minimum atomic E-state index is 0.232. The summed E-state index contributed by atoms with van der Waals surface area (Å²) in [4.78, 5) is 12.7. The zero-order chi connectivity index (χ0) is 16.9. The highest BCUT2D eigenvalue weighted by atomic mass is 35.5. The number of nitrogen functional groups attached to an aromatic ring is 1. The molecule has 0 bridgehead atoms. The lowest BCUT2D eigenvalue weighted by Crippen LogP contribution is -2.08. The molecule has 0 aliphatic carbocycles. The topological polar surface area (TPSA) is 76.7 Å². The van der Waals surface area contributed by atoms with Crippen molar-refractivity contribution < 1.29 is 0 Å². The van der Waals surface area contributed by atoms with Gasteiger partial charge >= 0.3 is 0 Å². The Morgan fingerprint density at radius 2 is 2.04 bits per heavy atom. The number of benzene rings is 1. The number of hydrogen-bond acceptors (Lipinski definition) is 5. The summed E-state index contributed by atoms with van der Waals surface area (Å²) in [7, 11) is 0. The van der Waals surface area contributed by atoms with Gasteiger partial charge in [0.05, 0.1) is 5.69 Å². The maximum Gasteiger partial charge on any atom is 0.222 e. The van der Waals surface area contributed by atoms with Crippen LogP contribution in [0.15, 0.2) is 48.8 Å². The highest BCUT2D eigenvalue weighted by molar-refractivity contribution is 6.31. The van der Waals surface area contributed by atoms with Crippen LogP contribution >= 0.6 is 11.6 Å². The zero-order valence-corrected chi connectivity index (χ0v) is 14.1. The van der Waals surface area contributed by atoms with Crippen LogP contribution in [-0.2, 0) is 6.42 Å². The van der Waals surface area contributed by atoms with Crippen LogP contribution in [0.1, 0.15) is 11.1 Å². The Hall–Kier alpha value is -2.66. The van der Waals surface area contributed by atoms with Gasteiger partial charge in [-0.3, -0.25) is 4.98 Å². The average molecular weight is 340 g/mol. The SMILES string of the molecule is Cc1c(Cl)cccc1-c1cc(NCCc2cccnc2)nc(N)n1. The van der Waals surface area contributed by atoms with Crippen molar-refractivity contribution in [1.29, 1.82) is 0 Å². The number of nitrogens with one attached hydrogen (secondary N) is 1. The number of pyridine rings is 1. The molecule has 6 heteroatoms. The fourth-order valence-electron chi connectivity index (χ4n) is 2.46. The Balaban J connectivity index is 1.78. The van der Waals surface area contributed by atoms with Gasteiger partial charge in [-0.25, -0.2) is 4.98 Å². The Bertz CT molecular complexity index is 836. The first kappa shape index (κ1) is 16.2. The van der Waals surface area contributed by atoms with Gasteiger partial charge in [0, 0.05) is 35.6 Å². The summed E-state index contributed by atoms with van der Waals surface area (Å²) in [5.74, 6) is 0.927. The first-order valence-electron chi connectivity index (χ1n) is 7.66. The van der Waals surface area contributed by atoms with E-state index in [0.717, 1.165) is 35.3 Å². The molecule has 1 aromatic carbocycles. The number of aromatic nitrogens is 3.